The van der Waals surface area contributed by atoms with E-state index < -0.39 is 0 Å². The first-order chi connectivity index (χ1) is 7.40. The molecule has 0 radical (unpaired) electrons. The summed E-state index contributed by atoms with van der Waals surface area (Å²) in [6.45, 7) is 0. The van der Waals surface area contributed by atoms with Gasteiger partial charge in [0.1, 0.15) is 5.69 Å². The fraction of sp³-hybridized carbons (Fsp3) is 0.727. The van der Waals surface area contributed by atoms with Gasteiger partial charge in [0.25, 0.3) is 0 Å². The molecule has 4 nitrogen and oxygen atoms in total. The highest BCUT2D eigenvalue weighted by Crippen LogP contribution is 2.38. The van der Waals surface area contributed by atoms with E-state index >= 15 is 0 Å². The molecule has 0 atom stereocenters. The summed E-state index contributed by atoms with van der Waals surface area (Å²) in [6, 6.07) is 0.452. The van der Waals surface area contributed by atoms with Crippen LogP contribution in [0.4, 0.5) is 0 Å². The second-order valence-corrected chi connectivity index (χ2v) is 4.63. The van der Waals surface area contributed by atoms with E-state index in [1.54, 1.807) is 0 Å². The van der Waals surface area contributed by atoms with Gasteiger partial charge in [-0.1, -0.05) is 18.1 Å². The van der Waals surface area contributed by atoms with Gasteiger partial charge in [0.15, 0.2) is 6.29 Å². The van der Waals surface area contributed by atoms with Crippen molar-refractivity contribution < 1.29 is 4.79 Å². The van der Waals surface area contributed by atoms with Crippen molar-refractivity contribution in [3.05, 3.63) is 11.4 Å². The Balaban J connectivity index is 1.95. The first-order valence-electron chi connectivity index (χ1n) is 5.80. The third kappa shape index (κ3) is 1.48. The van der Waals surface area contributed by atoms with Crippen LogP contribution in [0.5, 0.6) is 0 Å². The lowest BCUT2D eigenvalue weighted by Gasteiger charge is -2.05. The highest BCUT2D eigenvalue weighted by molar-refractivity contribution is 5.74. The topological polar surface area (TPSA) is 47.8 Å². The van der Waals surface area contributed by atoms with E-state index in [4.69, 9.17) is 0 Å². The quantitative estimate of drug-likeness (QED) is 0.710. The van der Waals surface area contributed by atoms with E-state index in [-0.39, 0.29) is 0 Å². The third-order valence-electron chi connectivity index (χ3n) is 3.50. The SMILES string of the molecule is O=Cc1c(C2CCCC2)nnn1C1CC1. The molecule has 2 saturated carbocycles. The van der Waals surface area contributed by atoms with E-state index in [9.17, 15) is 4.79 Å². The Hall–Kier alpha value is -1.19. The van der Waals surface area contributed by atoms with Crippen molar-refractivity contribution in [2.45, 2.75) is 50.5 Å². The smallest absolute Gasteiger partial charge is 0.170 e. The van der Waals surface area contributed by atoms with E-state index in [2.05, 4.69) is 10.3 Å². The van der Waals surface area contributed by atoms with Crippen LogP contribution in [0.25, 0.3) is 0 Å². The Labute approximate surface area is 88.7 Å². The Kier molecular flexibility index (Phi) is 2.08. The minimum Gasteiger partial charge on any atom is -0.296 e. The molecule has 0 aromatic carbocycles. The van der Waals surface area contributed by atoms with Crippen LogP contribution >= 0.6 is 0 Å². The standard InChI is InChI=1S/C11H15N3O/c15-7-10-11(8-3-1-2-4-8)12-13-14(10)9-5-6-9/h7-9H,1-6H2. The predicted molar refractivity (Wildman–Crippen MR) is 54.9 cm³/mol. The van der Waals surface area contributed by atoms with Crippen molar-refractivity contribution in [3.8, 4) is 0 Å². The Morgan fingerprint density at radius 3 is 2.53 bits per heavy atom. The van der Waals surface area contributed by atoms with Crippen molar-refractivity contribution >= 4 is 6.29 Å². The molecule has 15 heavy (non-hydrogen) atoms. The molecule has 0 unspecified atom stereocenters. The van der Waals surface area contributed by atoms with Gasteiger partial charge in [0.05, 0.1) is 11.7 Å². The molecule has 1 heterocycles. The van der Waals surface area contributed by atoms with Gasteiger partial charge in [-0.3, -0.25) is 4.79 Å². The Morgan fingerprint density at radius 1 is 1.20 bits per heavy atom. The number of hydrogen-bond donors (Lipinski definition) is 0. The normalized spacial score (nSPS) is 22.1. The van der Waals surface area contributed by atoms with E-state index in [0.717, 1.165) is 30.5 Å². The van der Waals surface area contributed by atoms with E-state index in [0.29, 0.717) is 12.0 Å². The zero-order valence-electron chi connectivity index (χ0n) is 8.72. The molecule has 2 aliphatic rings. The van der Waals surface area contributed by atoms with Crippen LogP contribution in [0.1, 0.15) is 66.7 Å². The zero-order chi connectivity index (χ0) is 10.3. The number of hydrogen-bond acceptors (Lipinski definition) is 3. The highest BCUT2D eigenvalue weighted by atomic mass is 16.1. The summed E-state index contributed by atoms with van der Waals surface area (Å²) in [4.78, 5) is 11.1. The van der Waals surface area contributed by atoms with Gasteiger partial charge in [-0.25, -0.2) is 4.68 Å². The third-order valence-corrected chi connectivity index (χ3v) is 3.50. The summed E-state index contributed by atoms with van der Waals surface area (Å²) in [5.41, 5.74) is 1.69. The lowest BCUT2D eigenvalue weighted by molar-refractivity contribution is 0.111. The van der Waals surface area contributed by atoms with Crippen LogP contribution in [0.15, 0.2) is 0 Å². The molecule has 0 aliphatic heterocycles. The average Bonchev–Trinajstić information content (AvgIpc) is 2.83. The summed E-state index contributed by atoms with van der Waals surface area (Å²) in [7, 11) is 0. The number of aromatic nitrogens is 3. The molecule has 3 rings (SSSR count). The lowest BCUT2D eigenvalue weighted by Crippen LogP contribution is -2.04. The first kappa shape index (κ1) is 9.07. The van der Waals surface area contributed by atoms with Crippen LogP contribution in [-0.2, 0) is 0 Å². The van der Waals surface area contributed by atoms with E-state index in [1.165, 1.54) is 25.7 Å². The molecule has 4 heteroatoms. The van der Waals surface area contributed by atoms with Crippen LogP contribution in [0, 0.1) is 0 Å². The zero-order valence-corrected chi connectivity index (χ0v) is 8.72. The number of rotatable bonds is 3. The van der Waals surface area contributed by atoms with Gasteiger partial charge in [-0.15, -0.1) is 5.10 Å². The molecule has 0 amide bonds. The van der Waals surface area contributed by atoms with Gasteiger partial charge in [0, 0.05) is 5.92 Å². The Morgan fingerprint density at radius 2 is 1.93 bits per heavy atom. The Bertz CT molecular complexity index is 375. The van der Waals surface area contributed by atoms with Crippen LogP contribution in [-0.4, -0.2) is 21.3 Å². The minimum absolute atomic E-state index is 0.452. The summed E-state index contributed by atoms with van der Waals surface area (Å²) in [5, 5.41) is 8.34. The van der Waals surface area contributed by atoms with Gasteiger partial charge < -0.3 is 0 Å². The molecule has 0 N–H and O–H groups in total. The second kappa shape index (κ2) is 3.43. The monoisotopic (exact) mass is 205 g/mol. The number of nitrogens with zero attached hydrogens (tertiary/aromatic N) is 3. The van der Waals surface area contributed by atoms with Gasteiger partial charge >= 0.3 is 0 Å². The molecule has 2 fully saturated rings. The highest BCUT2D eigenvalue weighted by Gasteiger charge is 2.31. The fourth-order valence-electron chi connectivity index (χ4n) is 2.51. The average molecular weight is 205 g/mol. The number of aldehydes is 1. The van der Waals surface area contributed by atoms with Crippen molar-refractivity contribution in [1.29, 1.82) is 0 Å². The summed E-state index contributed by atoms with van der Waals surface area (Å²) in [5.74, 6) is 0.484. The summed E-state index contributed by atoms with van der Waals surface area (Å²) < 4.78 is 1.83. The van der Waals surface area contributed by atoms with E-state index in [1.807, 2.05) is 4.68 Å². The molecule has 2 aliphatic carbocycles. The van der Waals surface area contributed by atoms with Crippen LogP contribution < -0.4 is 0 Å². The number of carbonyl (C=O) groups is 1. The van der Waals surface area contributed by atoms with Crippen molar-refractivity contribution in [3.63, 3.8) is 0 Å². The molecular weight excluding hydrogens is 190 g/mol. The second-order valence-electron chi connectivity index (χ2n) is 4.63. The minimum atomic E-state index is 0.452. The first-order valence-corrected chi connectivity index (χ1v) is 5.80. The van der Waals surface area contributed by atoms with Gasteiger partial charge in [-0.2, -0.15) is 0 Å². The maximum Gasteiger partial charge on any atom is 0.170 e. The molecule has 80 valence electrons. The summed E-state index contributed by atoms with van der Waals surface area (Å²) in [6.07, 6.45) is 8.10. The molecule has 0 bridgehead atoms. The van der Waals surface area contributed by atoms with Crippen LogP contribution in [0.3, 0.4) is 0 Å². The molecular formula is C11H15N3O. The maximum atomic E-state index is 11.1. The van der Waals surface area contributed by atoms with Crippen molar-refractivity contribution in [2.24, 2.45) is 0 Å². The summed E-state index contributed by atoms with van der Waals surface area (Å²) >= 11 is 0. The largest absolute Gasteiger partial charge is 0.296 e. The fourth-order valence-corrected chi connectivity index (χ4v) is 2.51. The van der Waals surface area contributed by atoms with Crippen LogP contribution in [0.2, 0.25) is 0 Å². The molecule has 1 aromatic heterocycles. The van der Waals surface area contributed by atoms with Crippen molar-refractivity contribution in [2.75, 3.05) is 0 Å². The van der Waals surface area contributed by atoms with Gasteiger partial charge in [0.2, 0.25) is 0 Å². The molecule has 0 spiro atoms. The molecule has 0 saturated heterocycles. The molecule has 1 aromatic rings. The lowest BCUT2D eigenvalue weighted by atomic mass is 10.0. The maximum absolute atomic E-state index is 11.1. The van der Waals surface area contributed by atoms with Crippen molar-refractivity contribution in [1.82, 2.24) is 15.0 Å². The predicted octanol–water partition coefficient (Wildman–Crippen LogP) is 2.08. The van der Waals surface area contributed by atoms with Gasteiger partial charge in [-0.05, 0) is 25.7 Å². The number of carbonyl (C=O) groups excluding carboxylic acids is 1.